The van der Waals surface area contributed by atoms with E-state index < -0.39 is 21.2 Å². The third-order valence-electron chi connectivity index (χ3n) is 3.31. The average Bonchev–Trinajstić information content (AvgIpc) is 3.06. The maximum atomic E-state index is 11.5. The topological polar surface area (TPSA) is 116 Å². The molecule has 1 saturated heterocycles. The summed E-state index contributed by atoms with van der Waals surface area (Å²) in [6.45, 7) is 0. The molecule has 2 heterocycles. The number of allylic oxidation sites excluding steroid dienone is 1. The minimum atomic E-state index is -3.72. The number of rotatable bonds is 3. The first-order valence-electron chi connectivity index (χ1n) is 6.57. The molecule has 0 radical (unpaired) electrons. The molecule has 120 valence electrons. The standard InChI is InChI=1S/C14H12N2O5S2/c15-23(19,20)10-4-1-8(2-5-10)11-6-3-9(21-11)7-12-13(17)16-14(18)22-12/h1-5,7,11H,6H2,(H2,15,19,20)(H,16,17,18)/b12-7-. The second-order valence-corrected chi connectivity index (χ2v) is 7.49. The van der Waals surface area contributed by atoms with Crippen molar-refractivity contribution in [3.05, 3.63) is 52.6 Å². The van der Waals surface area contributed by atoms with Crippen molar-refractivity contribution in [2.24, 2.45) is 5.14 Å². The number of sulfonamides is 1. The number of benzene rings is 1. The third-order valence-corrected chi connectivity index (χ3v) is 5.05. The van der Waals surface area contributed by atoms with Gasteiger partial charge in [0.05, 0.1) is 9.80 Å². The van der Waals surface area contributed by atoms with Crippen LogP contribution in [0.2, 0.25) is 0 Å². The van der Waals surface area contributed by atoms with E-state index in [0.717, 1.165) is 17.3 Å². The molecule has 23 heavy (non-hydrogen) atoms. The van der Waals surface area contributed by atoms with Gasteiger partial charge in [-0.2, -0.15) is 0 Å². The van der Waals surface area contributed by atoms with Gasteiger partial charge in [-0.1, -0.05) is 12.1 Å². The van der Waals surface area contributed by atoms with E-state index in [4.69, 9.17) is 9.88 Å². The van der Waals surface area contributed by atoms with E-state index in [2.05, 4.69) is 5.32 Å². The van der Waals surface area contributed by atoms with Gasteiger partial charge in [-0.25, -0.2) is 13.6 Å². The summed E-state index contributed by atoms with van der Waals surface area (Å²) in [5.74, 6) is 0.0586. The maximum Gasteiger partial charge on any atom is 0.290 e. The zero-order chi connectivity index (χ0) is 16.6. The van der Waals surface area contributed by atoms with Crippen molar-refractivity contribution in [2.45, 2.75) is 17.4 Å². The number of primary sulfonamides is 1. The molecule has 1 fully saturated rings. The van der Waals surface area contributed by atoms with E-state index in [-0.39, 0.29) is 15.9 Å². The quantitative estimate of drug-likeness (QED) is 0.797. The average molecular weight is 352 g/mol. The van der Waals surface area contributed by atoms with E-state index in [9.17, 15) is 18.0 Å². The lowest BCUT2D eigenvalue weighted by Gasteiger charge is -2.12. The molecular formula is C14H12N2O5S2. The van der Waals surface area contributed by atoms with Crippen molar-refractivity contribution in [1.29, 1.82) is 0 Å². The van der Waals surface area contributed by atoms with Crippen LogP contribution in [0.5, 0.6) is 0 Å². The van der Waals surface area contributed by atoms with E-state index >= 15 is 0 Å². The first-order chi connectivity index (χ1) is 10.8. The number of hydrogen-bond donors (Lipinski definition) is 2. The molecule has 1 aromatic rings. The van der Waals surface area contributed by atoms with Crippen LogP contribution < -0.4 is 10.5 Å². The van der Waals surface area contributed by atoms with Crippen LogP contribution in [0.25, 0.3) is 0 Å². The number of nitrogens with two attached hydrogens (primary N) is 1. The fraction of sp³-hybridized carbons (Fsp3) is 0.143. The van der Waals surface area contributed by atoms with Gasteiger partial charge in [0.1, 0.15) is 11.9 Å². The van der Waals surface area contributed by atoms with Crippen LogP contribution in [0.3, 0.4) is 0 Å². The Morgan fingerprint density at radius 3 is 2.52 bits per heavy atom. The Kier molecular flexibility index (Phi) is 4.00. The molecule has 1 aromatic carbocycles. The Hall–Kier alpha value is -2.10. The highest BCUT2D eigenvalue weighted by Gasteiger charge is 2.27. The van der Waals surface area contributed by atoms with Crippen molar-refractivity contribution in [2.75, 3.05) is 0 Å². The normalized spacial score (nSPS) is 22.9. The fourth-order valence-corrected chi connectivity index (χ4v) is 3.38. The molecule has 1 unspecified atom stereocenters. The van der Waals surface area contributed by atoms with Crippen molar-refractivity contribution >= 4 is 32.9 Å². The van der Waals surface area contributed by atoms with Crippen LogP contribution in [0, 0.1) is 0 Å². The Morgan fingerprint density at radius 2 is 1.96 bits per heavy atom. The van der Waals surface area contributed by atoms with Gasteiger partial charge in [0.2, 0.25) is 10.0 Å². The molecule has 0 spiro atoms. The minimum Gasteiger partial charge on any atom is -0.486 e. The first-order valence-corrected chi connectivity index (χ1v) is 8.93. The summed E-state index contributed by atoms with van der Waals surface area (Å²) in [5, 5.41) is 6.82. The zero-order valence-corrected chi connectivity index (χ0v) is 13.3. The predicted octanol–water partition coefficient (Wildman–Crippen LogP) is 1.55. The van der Waals surface area contributed by atoms with Crippen LogP contribution in [0.15, 0.2) is 52.0 Å². The Balaban J connectivity index is 1.71. The van der Waals surface area contributed by atoms with Crippen molar-refractivity contribution in [3.8, 4) is 0 Å². The number of imide groups is 1. The van der Waals surface area contributed by atoms with Crippen LogP contribution in [0.4, 0.5) is 4.79 Å². The van der Waals surface area contributed by atoms with Gasteiger partial charge in [-0.05, 0) is 41.6 Å². The van der Waals surface area contributed by atoms with Gasteiger partial charge in [0.15, 0.2) is 0 Å². The Morgan fingerprint density at radius 1 is 1.26 bits per heavy atom. The number of carbonyl (C=O) groups excluding carboxylic acids is 2. The number of carbonyl (C=O) groups is 2. The molecule has 2 aliphatic heterocycles. The molecule has 0 saturated carbocycles. The van der Waals surface area contributed by atoms with Crippen LogP contribution in [-0.2, 0) is 19.6 Å². The Labute approximate surface area is 136 Å². The molecule has 0 aromatic heterocycles. The van der Waals surface area contributed by atoms with Crippen LogP contribution >= 0.6 is 11.8 Å². The van der Waals surface area contributed by atoms with Gasteiger partial charge >= 0.3 is 0 Å². The molecule has 0 aliphatic carbocycles. The molecule has 1 atom stereocenters. The summed E-state index contributed by atoms with van der Waals surface area (Å²) < 4.78 is 28.2. The molecular weight excluding hydrogens is 340 g/mol. The van der Waals surface area contributed by atoms with Crippen LogP contribution in [0.1, 0.15) is 18.1 Å². The minimum absolute atomic E-state index is 0.0343. The Bertz CT molecular complexity index is 840. The smallest absolute Gasteiger partial charge is 0.290 e. The lowest BCUT2D eigenvalue weighted by molar-refractivity contribution is -0.115. The summed E-state index contributed by atoms with van der Waals surface area (Å²) in [5.41, 5.74) is 0.793. The fourth-order valence-electron chi connectivity index (χ4n) is 2.20. The van der Waals surface area contributed by atoms with Gasteiger partial charge < -0.3 is 4.74 Å². The van der Waals surface area contributed by atoms with E-state index in [0.29, 0.717) is 12.2 Å². The SMILES string of the molecule is NS(=O)(=O)c1ccc(C2CC=C(/C=C3\SC(=O)NC3=O)O2)cc1. The first kappa shape index (κ1) is 15.8. The van der Waals surface area contributed by atoms with Crippen molar-refractivity contribution in [3.63, 3.8) is 0 Å². The second kappa shape index (κ2) is 5.84. The summed E-state index contributed by atoms with van der Waals surface area (Å²) in [7, 11) is -3.72. The number of nitrogens with one attached hydrogen (secondary N) is 1. The summed E-state index contributed by atoms with van der Waals surface area (Å²) >= 11 is 0.822. The molecule has 3 rings (SSSR count). The third kappa shape index (κ3) is 3.46. The monoisotopic (exact) mass is 352 g/mol. The second-order valence-electron chi connectivity index (χ2n) is 4.91. The van der Waals surface area contributed by atoms with Crippen molar-refractivity contribution in [1.82, 2.24) is 5.32 Å². The molecule has 7 nitrogen and oxygen atoms in total. The van der Waals surface area contributed by atoms with Gasteiger partial charge in [0.25, 0.3) is 11.1 Å². The van der Waals surface area contributed by atoms with E-state index in [1.54, 1.807) is 12.1 Å². The maximum absolute atomic E-state index is 11.5. The number of thioether (sulfide) groups is 1. The highest BCUT2D eigenvalue weighted by molar-refractivity contribution is 8.18. The van der Waals surface area contributed by atoms with E-state index in [1.807, 2.05) is 6.08 Å². The number of hydrogen-bond acceptors (Lipinski definition) is 6. The lowest BCUT2D eigenvalue weighted by atomic mass is 10.1. The molecule has 2 amide bonds. The molecule has 2 aliphatic rings. The van der Waals surface area contributed by atoms with Gasteiger partial charge in [0, 0.05) is 6.42 Å². The van der Waals surface area contributed by atoms with E-state index in [1.165, 1.54) is 18.2 Å². The molecule has 3 N–H and O–H groups in total. The number of ether oxygens (including phenoxy) is 1. The highest BCUT2D eigenvalue weighted by atomic mass is 32.2. The number of amides is 2. The summed E-state index contributed by atoms with van der Waals surface area (Å²) in [4.78, 5) is 22.9. The van der Waals surface area contributed by atoms with Gasteiger partial charge in [-0.15, -0.1) is 0 Å². The predicted molar refractivity (Wildman–Crippen MR) is 83.6 cm³/mol. The molecule has 0 bridgehead atoms. The van der Waals surface area contributed by atoms with Gasteiger partial charge in [-0.3, -0.25) is 14.9 Å². The highest BCUT2D eigenvalue weighted by Crippen LogP contribution is 2.34. The van der Waals surface area contributed by atoms with Crippen LogP contribution in [-0.4, -0.2) is 19.6 Å². The zero-order valence-electron chi connectivity index (χ0n) is 11.7. The van der Waals surface area contributed by atoms with Crippen molar-refractivity contribution < 1.29 is 22.7 Å². The largest absolute Gasteiger partial charge is 0.486 e. The molecule has 9 heteroatoms. The summed E-state index contributed by atoms with van der Waals surface area (Å²) in [6, 6.07) is 6.11. The summed E-state index contributed by atoms with van der Waals surface area (Å²) in [6.07, 6.45) is 3.63. The lowest BCUT2D eigenvalue weighted by Crippen LogP contribution is -2.17.